The summed E-state index contributed by atoms with van der Waals surface area (Å²) >= 11 is 0. The van der Waals surface area contributed by atoms with Crippen LogP contribution < -0.4 is 5.32 Å². The molecule has 15 heavy (non-hydrogen) atoms. The van der Waals surface area contributed by atoms with E-state index in [4.69, 9.17) is 4.52 Å². The van der Waals surface area contributed by atoms with Crippen LogP contribution in [0.1, 0.15) is 50.6 Å². The molecule has 2 rings (SSSR count). The lowest BCUT2D eigenvalue weighted by Crippen LogP contribution is -2.23. The van der Waals surface area contributed by atoms with Crippen LogP contribution in [0.3, 0.4) is 0 Å². The van der Waals surface area contributed by atoms with Crippen molar-refractivity contribution in [2.75, 3.05) is 6.54 Å². The number of hydrogen-bond donors (Lipinski definition) is 1. The Bertz CT molecular complexity index is 341. The molecule has 1 heterocycles. The predicted molar refractivity (Wildman–Crippen MR) is 59.8 cm³/mol. The first-order valence-corrected chi connectivity index (χ1v) is 5.84. The average molecular weight is 208 g/mol. The van der Waals surface area contributed by atoms with Crippen molar-refractivity contribution in [2.45, 2.75) is 52.0 Å². The Kier molecular flexibility index (Phi) is 2.83. The first-order valence-electron chi connectivity index (χ1n) is 5.84. The lowest BCUT2D eigenvalue weighted by Gasteiger charge is -2.27. The van der Waals surface area contributed by atoms with E-state index in [-0.39, 0.29) is 5.41 Å². The Morgan fingerprint density at radius 3 is 3.00 bits per heavy atom. The van der Waals surface area contributed by atoms with E-state index in [2.05, 4.69) is 31.2 Å². The minimum absolute atomic E-state index is 0.172. The first-order chi connectivity index (χ1) is 7.15. The average Bonchev–Trinajstić information content (AvgIpc) is 2.59. The van der Waals surface area contributed by atoms with Crippen molar-refractivity contribution in [3.05, 3.63) is 17.0 Å². The largest absolute Gasteiger partial charge is 0.360 e. The van der Waals surface area contributed by atoms with Gasteiger partial charge in [-0.1, -0.05) is 25.9 Å². The molecule has 84 valence electrons. The lowest BCUT2D eigenvalue weighted by molar-refractivity contribution is 0.286. The fraction of sp³-hybridized carbons (Fsp3) is 0.750. The Morgan fingerprint density at radius 2 is 2.27 bits per heavy atom. The van der Waals surface area contributed by atoms with Gasteiger partial charge >= 0.3 is 0 Å². The van der Waals surface area contributed by atoms with Crippen LogP contribution >= 0.6 is 0 Å². The number of nitrogens with one attached hydrogen (secondary N) is 1. The summed E-state index contributed by atoms with van der Waals surface area (Å²) in [7, 11) is 0. The molecule has 1 aromatic heterocycles. The normalized spacial score (nSPS) is 18.9. The molecule has 0 spiro atoms. The molecule has 0 saturated carbocycles. The second-order valence-corrected chi connectivity index (χ2v) is 4.95. The molecule has 0 amide bonds. The highest BCUT2D eigenvalue weighted by atomic mass is 16.5. The second kappa shape index (κ2) is 3.97. The van der Waals surface area contributed by atoms with Crippen LogP contribution in [0.5, 0.6) is 0 Å². The molecule has 1 aromatic rings. The number of hydrogen-bond acceptors (Lipinski definition) is 3. The molecule has 1 aliphatic rings. The minimum Gasteiger partial charge on any atom is -0.360 e. The van der Waals surface area contributed by atoms with Gasteiger partial charge in [0.05, 0.1) is 0 Å². The molecule has 0 saturated heterocycles. The van der Waals surface area contributed by atoms with Crippen LogP contribution in [0, 0.1) is 0 Å². The van der Waals surface area contributed by atoms with Gasteiger partial charge in [0.1, 0.15) is 11.5 Å². The van der Waals surface area contributed by atoms with Crippen LogP contribution in [0.2, 0.25) is 0 Å². The zero-order valence-electron chi connectivity index (χ0n) is 9.89. The standard InChI is InChI=1S/C12H20N2O/c1-4-13-8-10-9-6-5-7-12(2,3)11(9)15-14-10/h13H,4-8H2,1-3H3. The molecular formula is C12H20N2O. The molecule has 0 bridgehead atoms. The zero-order chi connectivity index (χ0) is 10.9. The molecule has 0 fully saturated rings. The second-order valence-electron chi connectivity index (χ2n) is 4.95. The monoisotopic (exact) mass is 208 g/mol. The lowest BCUT2D eigenvalue weighted by atomic mass is 9.77. The van der Waals surface area contributed by atoms with Gasteiger partial charge in [0.15, 0.2) is 0 Å². The predicted octanol–water partition coefficient (Wildman–Crippen LogP) is 2.40. The van der Waals surface area contributed by atoms with Gasteiger partial charge in [0.2, 0.25) is 0 Å². The summed E-state index contributed by atoms with van der Waals surface area (Å²) in [6.45, 7) is 8.41. The van der Waals surface area contributed by atoms with Crippen molar-refractivity contribution in [1.29, 1.82) is 0 Å². The third kappa shape index (κ3) is 1.93. The van der Waals surface area contributed by atoms with Crippen LogP contribution in [-0.4, -0.2) is 11.7 Å². The van der Waals surface area contributed by atoms with Gasteiger partial charge in [-0.2, -0.15) is 0 Å². The number of rotatable bonds is 3. The number of aromatic nitrogens is 1. The Hall–Kier alpha value is -0.830. The maximum atomic E-state index is 5.51. The van der Waals surface area contributed by atoms with Crippen molar-refractivity contribution in [3.8, 4) is 0 Å². The molecule has 0 aromatic carbocycles. The van der Waals surface area contributed by atoms with Gasteiger partial charge in [-0.05, 0) is 25.8 Å². The molecular weight excluding hydrogens is 188 g/mol. The Labute approximate surface area is 91.2 Å². The van der Waals surface area contributed by atoms with E-state index in [1.54, 1.807) is 0 Å². The van der Waals surface area contributed by atoms with Crippen LogP contribution in [-0.2, 0) is 18.4 Å². The smallest absolute Gasteiger partial charge is 0.145 e. The van der Waals surface area contributed by atoms with E-state index in [0.29, 0.717) is 0 Å². The van der Waals surface area contributed by atoms with Crippen molar-refractivity contribution in [3.63, 3.8) is 0 Å². The molecule has 0 radical (unpaired) electrons. The van der Waals surface area contributed by atoms with E-state index >= 15 is 0 Å². The van der Waals surface area contributed by atoms with E-state index < -0.39 is 0 Å². The maximum Gasteiger partial charge on any atom is 0.145 e. The highest BCUT2D eigenvalue weighted by molar-refractivity contribution is 5.30. The van der Waals surface area contributed by atoms with Gasteiger partial charge in [-0.15, -0.1) is 0 Å². The van der Waals surface area contributed by atoms with Gasteiger partial charge in [-0.3, -0.25) is 0 Å². The van der Waals surface area contributed by atoms with Crippen molar-refractivity contribution < 1.29 is 4.52 Å². The molecule has 0 atom stereocenters. The third-order valence-electron chi connectivity index (χ3n) is 3.26. The summed E-state index contributed by atoms with van der Waals surface area (Å²) in [5.74, 6) is 1.11. The topological polar surface area (TPSA) is 38.1 Å². The Balaban J connectivity index is 2.26. The maximum absolute atomic E-state index is 5.51. The first kappa shape index (κ1) is 10.7. The van der Waals surface area contributed by atoms with E-state index in [0.717, 1.165) is 31.0 Å². The zero-order valence-corrected chi connectivity index (χ0v) is 9.89. The van der Waals surface area contributed by atoms with E-state index in [9.17, 15) is 0 Å². The van der Waals surface area contributed by atoms with Crippen LogP contribution in [0.4, 0.5) is 0 Å². The molecule has 0 unspecified atom stereocenters. The van der Waals surface area contributed by atoms with E-state index in [1.807, 2.05) is 0 Å². The molecule has 3 heteroatoms. The summed E-state index contributed by atoms with van der Waals surface area (Å²) in [4.78, 5) is 0. The fourth-order valence-corrected chi connectivity index (χ4v) is 2.33. The summed E-state index contributed by atoms with van der Waals surface area (Å²) < 4.78 is 5.51. The highest BCUT2D eigenvalue weighted by Crippen LogP contribution is 2.37. The van der Waals surface area contributed by atoms with Crippen molar-refractivity contribution >= 4 is 0 Å². The summed E-state index contributed by atoms with van der Waals surface area (Å²) in [6, 6.07) is 0. The summed E-state index contributed by atoms with van der Waals surface area (Å²) in [5.41, 5.74) is 2.64. The van der Waals surface area contributed by atoms with Gasteiger partial charge < -0.3 is 9.84 Å². The molecule has 1 N–H and O–H groups in total. The van der Waals surface area contributed by atoms with Crippen LogP contribution in [0.25, 0.3) is 0 Å². The van der Waals surface area contributed by atoms with Crippen molar-refractivity contribution in [2.24, 2.45) is 0 Å². The highest BCUT2D eigenvalue weighted by Gasteiger charge is 2.33. The number of fused-ring (bicyclic) bond motifs is 1. The Morgan fingerprint density at radius 1 is 1.47 bits per heavy atom. The van der Waals surface area contributed by atoms with Crippen LogP contribution in [0.15, 0.2) is 4.52 Å². The van der Waals surface area contributed by atoms with Crippen molar-refractivity contribution in [1.82, 2.24) is 10.5 Å². The third-order valence-corrected chi connectivity index (χ3v) is 3.26. The van der Waals surface area contributed by atoms with Gasteiger partial charge in [0, 0.05) is 17.5 Å². The minimum atomic E-state index is 0.172. The van der Waals surface area contributed by atoms with Gasteiger partial charge in [-0.25, -0.2) is 0 Å². The van der Waals surface area contributed by atoms with E-state index in [1.165, 1.54) is 18.4 Å². The fourth-order valence-electron chi connectivity index (χ4n) is 2.33. The molecule has 0 aliphatic heterocycles. The number of nitrogens with zero attached hydrogens (tertiary/aromatic N) is 1. The summed E-state index contributed by atoms with van der Waals surface area (Å²) in [5, 5.41) is 7.50. The molecule has 3 nitrogen and oxygen atoms in total. The van der Waals surface area contributed by atoms with Gasteiger partial charge in [0.25, 0.3) is 0 Å². The molecule has 1 aliphatic carbocycles. The SMILES string of the molecule is CCNCc1noc2c1CCCC2(C)C. The quantitative estimate of drug-likeness (QED) is 0.829. The summed E-state index contributed by atoms with van der Waals surface area (Å²) in [6.07, 6.45) is 3.58.